The second-order valence-electron chi connectivity index (χ2n) is 7.95. The smallest absolute Gasteiger partial charge is 0.409 e. The van der Waals surface area contributed by atoms with E-state index in [2.05, 4.69) is 36.9 Å². The molecule has 2 fully saturated rings. The Bertz CT molecular complexity index is 698. The molecule has 0 saturated carbocycles. The summed E-state index contributed by atoms with van der Waals surface area (Å²) in [6.45, 7) is 11.2. The first kappa shape index (κ1) is 20.6. The number of rotatable bonds is 4. The van der Waals surface area contributed by atoms with Gasteiger partial charge in [-0.1, -0.05) is 18.2 Å². The maximum absolute atomic E-state index is 12.8. The summed E-state index contributed by atoms with van der Waals surface area (Å²) in [6.07, 6.45) is 2.43. The van der Waals surface area contributed by atoms with Crippen molar-refractivity contribution in [2.24, 2.45) is 0 Å². The molecular formula is C22H33N3O3. The summed E-state index contributed by atoms with van der Waals surface area (Å²) in [5.41, 5.74) is 3.59. The van der Waals surface area contributed by atoms with Gasteiger partial charge in [0.1, 0.15) is 0 Å². The average molecular weight is 388 g/mol. The molecule has 154 valence electrons. The Labute approximate surface area is 168 Å². The summed E-state index contributed by atoms with van der Waals surface area (Å²) < 4.78 is 5.10. The Morgan fingerprint density at radius 1 is 1.04 bits per heavy atom. The molecule has 0 spiro atoms. The van der Waals surface area contributed by atoms with Crippen LogP contribution in [0.3, 0.4) is 0 Å². The Kier molecular flexibility index (Phi) is 6.94. The Morgan fingerprint density at radius 3 is 2.46 bits per heavy atom. The van der Waals surface area contributed by atoms with Crippen LogP contribution in [0.4, 0.5) is 4.79 Å². The molecule has 3 rings (SSSR count). The van der Waals surface area contributed by atoms with Crippen LogP contribution < -0.4 is 0 Å². The van der Waals surface area contributed by atoms with Crippen LogP contribution in [0.15, 0.2) is 18.2 Å². The molecule has 2 heterocycles. The van der Waals surface area contributed by atoms with E-state index in [4.69, 9.17) is 4.74 Å². The van der Waals surface area contributed by atoms with E-state index in [9.17, 15) is 9.59 Å². The topological polar surface area (TPSA) is 53.1 Å². The van der Waals surface area contributed by atoms with Gasteiger partial charge in [0.2, 0.25) is 5.91 Å². The summed E-state index contributed by atoms with van der Waals surface area (Å²) in [4.78, 5) is 31.0. The maximum Gasteiger partial charge on any atom is 0.409 e. The molecule has 28 heavy (non-hydrogen) atoms. The van der Waals surface area contributed by atoms with Crippen LogP contribution in [0.2, 0.25) is 0 Å². The summed E-state index contributed by atoms with van der Waals surface area (Å²) in [5.74, 6) is 0.220. The van der Waals surface area contributed by atoms with Crippen molar-refractivity contribution in [3.05, 3.63) is 34.9 Å². The fraction of sp³-hybridized carbons (Fsp3) is 0.636. The average Bonchev–Trinajstić information content (AvgIpc) is 2.71. The van der Waals surface area contributed by atoms with E-state index >= 15 is 0 Å². The van der Waals surface area contributed by atoms with Crippen molar-refractivity contribution in [2.75, 3.05) is 45.9 Å². The highest BCUT2D eigenvalue weighted by atomic mass is 16.6. The lowest BCUT2D eigenvalue weighted by Crippen LogP contribution is -2.56. The molecular weight excluding hydrogens is 354 g/mol. The van der Waals surface area contributed by atoms with Crippen LogP contribution in [0.1, 0.15) is 36.5 Å². The van der Waals surface area contributed by atoms with Gasteiger partial charge in [-0.15, -0.1) is 0 Å². The second-order valence-corrected chi connectivity index (χ2v) is 7.95. The van der Waals surface area contributed by atoms with E-state index in [1.807, 2.05) is 11.8 Å². The maximum atomic E-state index is 12.8. The number of piperazine rings is 1. The number of piperidine rings is 1. The highest BCUT2D eigenvalue weighted by Gasteiger charge is 2.31. The number of carbonyl (C=O) groups is 2. The summed E-state index contributed by atoms with van der Waals surface area (Å²) >= 11 is 0. The van der Waals surface area contributed by atoms with Crippen molar-refractivity contribution < 1.29 is 14.3 Å². The predicted octanol–water partition coefficient (Wildman–Crippen LogP) is 2.61. The molecule has 0 aliphatic carbocycles. The number of carbonyl (C=O) groups excluding carboxylic acids is 2. The first-order valence-electron chi connectivity index (χ1n) is 10.5. The molecule has 6 nitrogen and oxygen atoms in total. The molecule has 0 N–H and O–H groups in total. The zero-order valence-electron chi connectivity index (χ0n) is 17.4. The minimum Gasteiger partial charge on any atom is -0.450 e. The third kappa shape index (κ3) is 5.04. The number of hydrogen-bond acceptors (Lipinski definition) is 4. The minimum atomic E-state index is -0.212. The van der Waals surface area contributed by atoms with Gasteiger partial charge >= 0.3 is 6.09 Å². The molecule has 2 aliphatic heterocycles. The Morgan fingerprint density at radius 2 is 1.79 bits per heavy atom. The van der Waals surface area contributed by atoms with Crippen LogP contribution in [0.25, 0.3) is 0 Å². The number of aryl methyl sites for hydroxylation is 2. The number of ether oxygens (including phenoxy) is 1. The first-order valence-corrected chi connectivity index (χ1v) is 10.5. The monoisotopic (exact) mass is 387 g/mol. The van der Waals surface area contributed by atoms with E-state index < -0.39 is 0 Å². The predicted molar refractivity (Wildman–Crippen MR) is 109 cm³/mol. The largest absolute Gasteiger partial charge is 0.450 e. The lowest BCUT2D eigenvalue weighted by molar-refractivity contribution is -0.132. The minimum absolute atomic E-state index is 0.212. The summed E-state index contributed by atoms with van der Waals surface area (Å²) in [7, 11) is 0. The molecule has 0 aromatic heterocycles. The molecule has 1 aromatic carbocycles. The van der Waals surface area contributed by atoms with Gasteiger partial charge in [0, 0.05) is 45.3 Å². The van der Waals surface area contributed by atoms with Crippen LogP contribution in [-0.4, -0.2) is 78.6 Å². The highest BCUT2D eigenvalue weighted by Crippen LogP contribution is 2.19. The number of amides is 2. The normalized spacial score (nSPS) is 20.9. The third-order valence-corrected chi connectivity index (χ3v) is 6.03. The third-order valence-electron chi connectivity index (χ3n) is 6.03. The van der Waals surface area contributed by atoms with Gasteiger partial charge in [-0.05, 0) is 50.3 Å². The standard InChI is InChI=1S/C22H33N3O3/c1-4-28-22(27)24-12-10-23(11-13-24)20-6-5-9-25(16-20)21(26)15-19-8-7-17(2)18(3)14-19/h7-8,14,20H,4-6,9-13,15-16H2,1-3H3/t20-/m0/s1. The van der Waals surface area contributed by atoms with Crippen molar-refractivity contribution in [1.29, 1.82) is 0 Å². The van der Waals surface area contributed by atoms with E-state index in [1.54, 1.807) is 4.90 Å². The zero-order valence-corrected chi connectivity index (χ0v) is 17.4. The fourth-order valence-corrected chi connectivity index (χ4v) is 4.16. The van der Waals surface area contributed by atoms with E-state index in [0.717, 1.165) is 44.6 Å². The lowest BCUT2D eigenvalue weighted by Gasteiger charge is -2.43. The van der Waals surface area contributed by atoms with Crippen molar-refractivity contribution >= 4 is 12.0 Å². The molecule has 2 aliphatic rings. The number of nitrogens with zero attached hydrogens (tertiary/aromatic N) is 3. The number of benzene rings is 1. The van der Waals surface area contributed by atoms with Gasteiger partial charge in [0.05, 0.1) is 13.0 Å². The van der Waals surface area contributed by atoms with Crippen LogP contribution in [0, 0.1) is 13.8 Å². The summed E-state index contributed by atoms with van der Waals surface area (Å²) in [5, 5.41) is 0. The number of hydrogen-bond donors (Lipinski definition) is 0. The van der Waals surface area contributed by atoms with Crippen molar-refractivity contribution in [3.8, 4) is 0 Å². The molecule has 1 atom stereocenters. The van der Waals surface area contributed by atoms with Gasteiger partial charge in [-0.25, -0.2) is 4.79 Å². The zero-order chi connectivity index (χ0) is 20.1. The quantitative estimate of drug-likeness (QED) is 0.797. The van der Waals surface area contributed by atoms with E-state index in [0.29, 0.717) is 32.2 Å². The molecule has 0 radical (unpaired) electrons. The van der Waals surface area contributed by atoms with Gasteiger partial charge in [0.25, 0.3) is 0 Å². The highest BCUT2D eigenvalue weighted by molar-refractivity contribution is 5.79. The van der Waals surface area contributed by atoms with E-state index in [-0.39, 0.29) is 12.0 Å². The molecule has 2 amide bonds. The van der Waals surface area contributed by atoms with Crippen LogP contribution >= 0.6 is 0 Å². The van der Waals surface area contributed by atoms with Crippen molar-refractivity contribution in [1.82, 2.24) is 14.7 Å². The SMILES string of the molecule is CCOC(=O)N1CCN([C@H]2CCCN(C(=O)Cc3ccc(C)c(C)c3)C2)CC1. The lowest BCUT2D eigenvalue weighted by atomic mass is 10.0. The first-order chi connectivity index (χ1) is 13.5. The van der Waals surface area contributed by atoms with Gasteiger partial charge in [-0.3, -0.25) is 9.69 Å². The van der Waals surface area contributed by atoms with Gasteiger partial charge in [-0.2, -0.15) is 0 Å². The molecule has 1 aromatic rings. The van der Waals surface area contributed by atoms with Crippen LogP contribution in [-0.2, 0) is 16.0 Å². The van der Waals surface area contributed by atoms with Crippen molar-refractivity contribution in [2.45, 2.75) is 46.1 Å². The van der Waals surface area contributed by atoms with Gasteiger partial charge < -0.3 is 14.5 Å². The fourth-order valence-electron chi connectivity index (χ4n) is 4.16. The Hall–Kier alpha value is -2.08. The second kappa shape index (κ2) is 9.41. The van der Waals surface area contributed by atoms with Crippen molar-refractivity contribution in [3.63, 3.8) is 0 Å². The molecule has 6 heteroatoms. The van der Waals surface area contributed by atoms with E-state index in [1.165, 1.54) is 11.1 Å². The summed E-state index contributed by atoms with van der Waals surface area (Å²) in [6, 6.07) is 6.68. The molecule has 0 unspecified atom stereocenters. The molecule has 0 bridgehead atoms. The van der Waals surface area contributed by atoms with Crippen LogP contribution in [0.5, 0.6) is 0 Å². The van der Waals surface area contributed by atoms with Gasteiger partial charge in [0.15, 0.2) is 0 Å². The Balaban J connectivity index is 1.52. The molecule has 2 saturated heterocycles. The number of likely N-dealkylation sites (tertiary alicyclic amines) is 1.